The average Bonchev–Trinajstić information content (AvgIpc) is 2.53. The van der Waals surface area contributed by atoms with Crippen molar-refractivity contribution in [2.45, 2.75) is 19.8 Å². The zero-order valence-electron chi connectivity index (χ0n) is 13.5. The highest BCUT2D eigenvalue weighted by Crippen LogP contribution is 2.25. The lowest BCUT2D eigenvalue weighted by atomic mass is 10.0. The number of hydrogen-bond acceptors (Lipinski definition) is 3. The molecule has 0 unspecified atom stereocenters. The summed E-state index contributed by atoms with van der Waals surface area (Å²) in [4.78, 5) is 12.0. The largest absolute Gasteiger partial charge is 0.483 e. The standard InChI is InChI=1S/C18H19BrN2O2S/c1-12(2)15-8-3-4-9-16(15)23-11-17(22)21-18(24)20-14-7-5-6-13(19)10-14/h3-10,12H,11H2,1-2H3,(H2,20,21,22,24). The number of anilines is 1. The maximum Gasteiger partial charge on any atom is 0.264 e. The minimum absolute atomic E-state index is 0.0932. The molecule has 2 aromatic carbocycles. The quantitative estimate of drug-likeness (QED) is 0.719. The number of carbonyl (C=O) groups excluding carboxylic acids is 1. The summed E-state index contributed by atoms with van der Waals surface area (Å²) >= 11 is 8.52. The molecule has 2 N–H and O–H groups in total. The molecule has 0 bridgehead atoms. The lowest BCUT2D eigenvalue weighted by Crippen LogP contribution is -2.37. The Bertz CT molecular complexity index is 734. The molecule has 0 saturated carbocycles. The second-order valence-electron chi connectivity index (χ2n) is 5.49. The monoisotopic (exact) mass is 406 g/mol. The van der Waals surface area contributed by atoms with Gasteiger partial charge in [0.1, 0.15) is 5.75 Å². The van der Waals surface area contributed by atoms with Gasteiger partial charge >= 0.3 is 0 Å². The molecule has 0 aromatic heterocycles. The van der Waals surface area contributed by atoms with Gasteiger partial charge in [-0.15, -0.1) is 0 Å². The summed E-state index contributed by atoms with van der Waals surface area (Å²) in [5.41, 5.74) is 1.86. The molecule has 0 fully saturated rings. The molecule has 0 saturated heterocycles. The summed E-state index contributed by atoms with van der Waals surface area (Å²) in [6.07, 6.45) is 0. The second-order valence-corrected chi connectivity index (χ2v) is 6.82. The van der Waals surface area contributed by atoms with Gasteiger partial charge < -0.3 is 10.1 Å². The highest BCUT2D eigenvalue weighted by molar-refractivity contribution is 9.10. The Balaban J connectivity index is 1.86. The smallest absolute Gasteiger partial charge is 0.264 e. The number of rotatable bonds is 5. The first-order valence-corrected chi connectivity index (χ1v) is 8.74. The van der Waals surface area contributed by atoms with Crippen molar-refractivity contribution in [3.05, 3.63) is 58.6 Å². The van der Waals surface area contributed by atoms with Crippen LogP contribution in [0.5, 0.6) is 5.75 Å². The van der Waals surface area contributed by atoms with Gasteiger partial charge in [0, 0.05) is 10.2 Å². The third-order valence-electron chi connectivity index (χ3n) is 3.24. The molecule has 0 aliphatic carbocycles. The molecule has 0 aliphatic heterocycles. The van der Waals surface area contributed by atoms with Crippen molar-refractivity contribution in [2.24, 2.45) is 0 Å². The van der Waals surface area contributed by atoms with Gasteiger partial charge in [0.05, 0.1) is 0 Å². The maximum absolute atomic E-state index is 12.0. The maximum atomic E-state index is 12.0. The predicted molar refractivity (Wildman–Crippen MR) is 105 cm³/mol. The summed E-state index contributed by atoms with van der Waals surface area (Å²) in [6, 6.07) is 15.2. The molecule has 24 heavy (non-hydrogen) atoms. The first-order valence-electron chi connectivity index (χ1n) is 7.54. The molecular formula is C18H19BrN2O2S. The number of ether oxygens (including phenoxy) is 1. The molecule has 0 spiro atoms. The zero-order chi connectivity index (χ0) is 17.5. The fourth-order valence-corrected chi connectivity index (χ4v) is 2.75. The molecule has 0 aliphatic rings. The highest BCUT2D eigenvalue weighted by Gasteiger charge is 2.10. The highest BCUT2D eigenvalue weighted by atomic mass is 79.9. The Hall–Kier alpha value is -1.92. The lowest BCUT2D eigenvalue weighted by molar-refractivity contribution is -0.121. The summed E-state index contributed by atoms with van der Waals surface area (Å²) in [5, 5.41) is 5.80. The van der Waals surface area contributed by atoms with E-state index in [2.05, 4.69) is 40.4 Å². The first-order chi connectivity index (χ1) is 11.5. The van der Waals surface area contributed by atoms with Crippen molar-refractivity contribution in [2.75, 3.05) is 11.9 Å². The van der Waals surface area contributed by atoms with E-state index in [0.717, 1.165) is 15.7 Å². The van der Waals surface area contributed by atoms with Crippen molar-refractivity contribution < 1.29 is 9.53 Å². The van der Waals surface area contributed by atoms with E-state index in [9.17, 15) is 4.79 Å². The Morgan fingerprint density at radius 1 is 1.21 bits per heavy atom. The third kappa shape index (κ3) is 5.62. The van der Waals surface area contributed by atoms with Crippen LogP contribution in [-0.4, -0.2) is 17.6 Å². The van der Waals surface area contributed by atoms with E-state index in [1.807, 2.05) is 48.5 Å². The van der Waals surface area contributed by atoms with Crippen LogP contribution in [0.15, 0.2) is 53.0 Å². The molecule has 2 aromatic rings. The molecule has 1 amide bonds. The first kappa shape index (κ1) is 18.4. The molecule has 2 rings (SSSR count). The van der Waals surface area contributed by atoms with Crippen LogP contribution in [0.3, 0.4) is 0 Å². The number of amides is 1. The van der Waals surface area contributed by atoms with Crippen LogP contribution in [0.4, 0.5) is 5.69 Å². The number of benzene rings is 2. The fraction of sp³-hybridized carbons (Fsp3) is 0.222. The zero-order valence-corrected chi connectivity index (χ0v) is 15.9. The third-order valence-corrected chi connectivity index (χ3v) is 3.93. The van der Waals surface area contributed by atoms with Crippen LogP contribution in [0.2, 0.25) is 0 Å². The second kappa shape index (κ2) is 8.80. The van der Waals surface area contributed by atoms with Crippen LogP contribution >= 0.6 is 28.1 Å². The molecular weight excluding hydrogens is 388 g/mol. The summed E-state index contributed by atoms with van der Waals surface area (Å²) in [5.74, 6) is 0.734. The summed E-state index contributed by atoms with van der Waals surface area (Å²) < 4.78 is 6.55. The molecule has 4 nitrogen and oxygen atoms in total. The van der Waals surface area contributed by atoms with Gasteiger partial charge in [-0.1, -0.05) is 54.0 Å². The number of carbonyl (C=O) groups is 1. The minimum atomic E-state index is -0.305. The van der Waals surface area contributed by atoms with Crippen LogP contribution in [0.25, 0.3) is 0 Å². The molecule has 0 heterocycles. The predicted octanol–water partition coefficient (Wildman–Crippen LogP) is 4.46. The van der Waals surface area contributed by atoms with Crippen LogP contribution in [0.1, 0.15) is 25.3 Å². The fourth-order valence-electron chi connectivity index (χ4n) is 2.12. The summed E-state index contributed by atoms with van der Waals surface area (Å²) in [6.45, 7) is 4.07. The molecule has 6 heteroatoms. The lowest BCUT2D eigenvalue weighted by Gasteiger charge is -2.14. The van der Waals surface area contributed by atoms with Gasteiger partial charge in [-0.05, 0) is 48.0 Å². The average molecular weight is 407 g/mol. The molecule has 126 valence electrons. The number of nitrogens with one attached hydrogen (secondary N) is 2. The van der Waals surface area contributed by atoms with Gasteiger partial charge in [-0.2, -0.15) is 0 Å². The van der Waals surface area contributed by atoms with Gasteiger partial charge in [0.15, 0.2) is 11.7 Å². The van der Waals surface area contributed by atoms with Crippen molar-refractivity contribution in [1.29, 1.82) is 0 Å². The Labute approximate surface area is 155 Å². The molecule has 0 atom stereocenters. The Morgan fingerprint density at radius 3 is 2.67 bits per heavy atom. The van der Waals surface area contributed by atoms with Gasteiger partial charge in [0.2, 0.25) is 0 Å². The number of thiocarbonyl (C=S) groups is 1. The van der Waals surface area contributed by atoms with Crippen LogP contribution < -0.4 is 15.4 Å². The van der Waals surface area contributed by atoms with E-state index in [0.29, 0.717) is 11.7 Å². The molecule has 0 radical (unpaired) electrons. The van der Waals surface area contributed by atoms with Gasteiger partial charge in [0.25, 0.3) is 5.91 Å². The van der Waals surface area contributed by atoms with E-state index < -0.39 is 0 Å². The van der Waals surface area contributed by atoms with Gasteiger partial charge in [-0.3, -0.25) is 10.1 Å². The number of hydrogen-bond donors (Lipinski definition) is 2. The normalized spacial score (nSPS) is 10.3. The van der Waals surface area contributed by atoms with E-state index >= 15 is 0 Å². The number of halogens is 1. The van der Waals surface area contributed by atoms with E-state index in [-0.39, 0.29) is 17.6 Å². The van der Waals surface area contributed by atoms with Gasteiger partial charge in [-0.25, -0.2) is 0 Å². The van der Waals surface area contributed by atoms with Crippen molar-refractivity contribution in [1.82, 2.24) is 5.32 Å². The van der Waals surface area contributed by atoms with E-state index in [1.165, 1.54) is 0 Å². The Morgan fingerprint density at radius 2 is 1.96 bits per heavy atom. The topological polar surface area (TPSA) is 50.4 Å². The van der Waals surface area contributed by atoms with Crippen molar-refractivity contribution in [3.63, 3.8) is 0 Å². The van der Waals surface area contributed by atoms with Crippen LogP contribution in [0, 0.1) is 0 Å². The summed E-state index contributed by atoms with van der Waals surface area (Å²) in [7, 11) is 0. The number of para-hydroxylation sites is 1. The van der Waals surface area contributed by atoms with E-state index in [4.69, 9.17) is 17.0 Å². The minimum Gasteiger partial charge on any atom is -0.483 e. The SMILES string of the molecule is CC(C)c1ccccc1OCC(=O)NC(=S)Nc1cccc(Br)c1. The van der Waals surface area contributed by atoms with E-state index in [1.54, 1.807) is 0 Å². The van der Waals surface area contributed by atoms with Crippen LogP contribution in [-0.2, 0) is 4.79 Å². The Kier molecular flexibility index (Phi) is 6.75. The van der Waals surface area contributed by atoms with Crippen molar-refractivity contribution >= 4 is 44.9 Å². The van der Waals surface area contributed by atoms with Crippen molar-refractivity contribution in [3.8, 4) is 5.75 Å².